The van der Waals surface area contributed by atoms with Crippen LogP contribution in [0.2, 0.25) is 0 Å². The van der Waals surface area contributed by atoms with Crippen molar-refractivity contribution in [3.05, 3.63) is 52.6 Å². The molecule has 21 heavy (non-hydrogen) atoms. The van der Waals surface area contributed by atoms with Crippen LogP contribution < -0.4 is 5.32 Å². The second kappa shape index (κ2) is 5.87. The molecule has 2 aromatic rings. The fourth-order valence-electron chi connectivity index (χ4n) is 2.34. The summed E-state index contributed by atoms with van der Waals surface area (Å²) < 4.78 is 4.93. The third kappa shape index (κ3) is 3.25. The Kier molecular flexibility index (Phi) is 3.94. The number of hydrogen-bond acceptors (Lipinski definition) is 4. The van der Waals surface area contributed by atoms with Crippen LogP contribution >= 0.6 is 11.3 Å². The Labute approximate surface area is 127 Å². The van der Waals surface area contributed by atoms with Crippen LogP contribution in [0.4, 0.5) is 0 Å². The smallest absolute Gasteiger partial charge is 0.244 e. The molecule has 2 aromatic heterocycles. The predicted molar refractivity (Wildman–Crippen MR) is 81.7 cm³/mol. The van der Waals surface area contributed by atoms with E-state index in [1.807, 2.05) is 17.5 Å². The molecule has 1 saturated carbocycles. The van der Waals surface area contributed by atoms with E-state index in [4.69, 9.17) is 4.42 Å². The molecule has 1 aliphatic rings. The molecule has 0 aromatic carbocycles. The first-order chi connectivity index (χ1) is 10.2. The molecule has 1 fully saturated rings. The van der Waals surface area contributed by atoms with Crippen molar-refractivity contribution in [1.29, 1.82) is 0 Å². The Bertz CT molecular complexity index is 614. The highest BCUT2D eigenvalue weighted by Crippen LogP contribution is 2.46. The summed E-state index contributed by atoms with van der Waals surface area (Å²) >= 11 is 1.53. The molecule has 1 unspecified atom stereocenters. The van der Waals surface area contributed by atoms with Crippen molar-refractivity contribution < 1.29 is 14.3 Å². The van der Waals surface area contributed by atoms with Gasteiger partial charge in [0.25, 0.3) is 0 Å². The maximum atomic E-state index is 11.9. The van der Waals surface area contributed by atoms with Crippen molar-refractivity contribution in [1.82, 2.24) is 5.32 Å². The van der Waals surface area contributed by atoms with Crippen molar-refractivity contribution in [2.75, 3.05) is 6.54 Å². The lowest BCUT2D eigenvalue weighted by molar-refractivity contribution is -0.118. The van der Waals surface area contributed by atoms with E-state index >= 15 is 0 Å². The van der Waals surface area contributed by atoms with Crippen LogP contribution in [0.1, 0.15) is 23.3 Å². The van der Waals surface area contributed by atoms with Gasteiger partial charge in [-0.25, -0.2) is 0 Å². The van der Waals surface area contributed by atoms with Crippen molar-refractivity contribution in [2.24, 2.45) is 5.92 Å². The molecular weight excluding hydrogens is 286 g/mol. The molecular formula is C16H17NO3S. The van der Waals surface area contributed by atoms with Crippen LogP contribution in [-0.4, -0.2) is 17.6 Å². The molecule has 2 N–H and O–H groups in total. The lowest BCUT2D eigenvalue weighted by Gasteiger charge is -2.27. The summed E-state index contributed by atoms with van der Waals surface area (Å²) in [6.45, 7) is 0.243. The Hall–Kier alpha value is -1.85. The summed E-state index contributed by atoms with van der Waals surface area (Å²) in [5.41, 5.74) is -0.103. The Balaban J connectivity index is 1.61. The summed E-state index contributed by atoms with van der Waals surface area (Å²) in [6.07, 6.45) is 8.27. The number of furan rings is 1. The number of amides is 1. The average Bonchev–Trinajstić information content (AvgIpc) is 3.00. The normalized spacial score (nSPS) is 17.8. The zero-order chi connectivity index (χ0) is 14.7. The van der Waals surface area contributed by atoms with Crippen molar-refractivity contribution >= 4 is 23.3 Å². The number of aliphatic hydroxyl groups is 1. The van der Waals surface area contributed by atoms with Gasteiger partial charge in [-0.05, 0) is 42.3 Å². The van der Waals surface area contributed by atoms with E-state index in [-0.39, 0.29) is 18.4 Å². The van der Waals surface area contributed by atoms with E-state index in [9.17, 15) is 9.90 Å². The van der Waals surface area contributed by atoms with Crippen LogP contribution in [0.15, 0.2) is 46.6 Å². The van der Waals surface area contributed by atoms with E-state index < -0.39 is 5.60 Å². The number of rotatable bonds is 6. The zero-order valence-electron chi connectivity index (χ0n) is 11.5. The lowest BCUT2D eigenvalue weighted by atomic mass is 9.95. The van der Waals surface area contributed by atoms with Gasteiger partial charge in [-0.3, -0.25) is 4.79 Å². The molecule has 3 rings (SSSR count). The summed E-state index contributed by atoms with van der Waals surface area (Å²) in [5.74, 6) is 0.0288. The minimum Gasteiger partial charge on any atom is -0.472 e. The maximum Gasteiger partial charge on any atom is 0.244 e. The molecule has 4 nitrogen and oxygen atoms in total. The second-order valence-corrected chi connectivity index (χ2v) is 6.23. The second-order valence-electron chi connectivity index (χ2n) is 5.28. The third-order valence-corrected chi connectivity index (χ3v) is 4.74. The fourth-order valence-corrected chi connectivity index (χ4v) is 3.24. The van der Waals surface area contributed by atoms with Crippen LogP contribution in [0.25, 0.3) is 6.08 Å². The van der Waals surface area contributed by atoms with Gasteiger partial charge >= 0.3 is 0 Å². The Morgan fingerprint density at radius 3 is 3.00 bits per heavy atom. The van der Waals surface area contributed by atoms with Crippen LogP contribution in [0, 0.1) is 5.92 Å². The number of thiophene rings is 1. The molecule has 1 aliphatic carbocycles. The summed E-state index contributed by atoms with van der Waals surface area (Å²) in [7, 11) is 0. The van der Waals surface area contributed by atoms with Gasteiger partial charge in [0.05, 0.1) is 19.1 Å². The van der Waals surface area contributed by atoms with Gasteiger partial charge in [0.2, 0.25) is 5.91 Å². The Morgan fingerprint density at radius 2 is 2.38 bits per heavy atom. The molecule has 0 aliphatic heterocycles. The maximum absolute atomic E-state index is 11.9. The molecule has 110 valence electrons. The van der Waals surface area contributed by atoms with Gasteiger partial charge < -0.3 is 14.8 Å². The number of carbonyl (C=O) groups excluding carboxylic acids is 1. The minimum atomic E-state index is -0.937. The van der Waals surface area contributed by atoms with E-state index in [0.29, 0.717) is 0 Å². The molecule has 0 bridgehead atoms. The van der Waals surface area contributed by atoms with Gasteiger partial charge in [0.1, 0.15) is 5.60 Å². The average molecular weight is 303 g/mol. The molecule has 2 heterocycles. The molecule has 0 spiro atoms. The van der Waals surface area contributed by atoms with E-state index in [1.54, 1.807) is 24.7 Å². The quantitative estimate of drug-likeness (QED) is 0.807. The van der Waals surface area contributed by atoms with Gasteiger partial charge in [-0.1, -0.05) is 6.07 Å². The highest BCUT2D eigenvalue weighted by Gasteiger charge is 2.45. The van der Waals surface area contributed by atoms with E-state index in [0.717, 1.165) is 23.3 Å². The van der Waals surface area contributed by atoms with Crippen LogP contribution in [0.3, 0.4) is 0 Å². The van der Waals surface area contributed by atoms with E-state index in [2.05, 4.69) is 5.32 Å². The largest absolute Gasteiger partial charge is 0.472 e. The SMILES string of the molecule is O=C(C=Cc1ccoc1)NCC(O)(c1cccs1)C1CC1. The fraction of sp³-hybridized carbons (Fsp3) is 0.312. The number of hydrogen-bond donors (Lipinski definition) is 2. The monoisotopic (exact) mass is 303 g/mol. The van der Waals surface area contributed by atoms with E-state index in [1.165, 1.54) is 17.4 Å². The van der Waals surface area contributed by atoms with Gasteiger partial charge in [-0.15, -0.1) is 11.3 Å². The standard InChI is InChI=1S/C16H17NO3S/c18-15(6-3-12-7-8-20-10-12)17-11-16(19,13-4-5-13)14-2-1-9-21-14/h1-3,6-10,13,19H,4-5,11H2,(H,17,18). The summed E-state index contributed by atoms with van der Waals surface area (Å²) in [5, 5.41) is 15.6. The van der Waals surface area contributed by atoms with Crippen LogP contribution in [-0.2, 0) is 10.4 Å². The summed E-state index contributed by atoms with van der Waals surface area (Å²) in [6, 6.07) is 5.63. The van der Waals surface area contributed by atoms with Crippen molar-refractivity contribution in [2.45, 2.75) is 18.4 Å². The van der Waals surface area contributed by atoms with Gasteiger partial charge in [0.15, 0.2) is 0 Å². The highest BCUT2D eigenvalue weighted by atomic mass is 32.1. The first-order valence-corrected chi connectivity index (χ1v) is 7.81. The molecule has 1 amide bonds. The third-order valence-electron chi connectivity index (χ3n) is 3.70. The lowest BCUT2D eigenvalue weighted by Crippen LogP contribution is -2.41. The highest BCUT2D eigenvalue weighted by molar-refractivity contribution is 7.10. The topological polar surface area (TPSA) is 62.5 Å². The Morgan fingerprint density at radius 1 is 1.52 bits per heavy atom. The molecule has 5 heteroatoms. The molecule has 1 atom stereocenters. The minimum absolute atomic E-state index is 0.216. The van der Waals surface area contributed by atoms with Gasteiger partial charge in [-0.2, -0.15) is 0 Å². The van der Waals surface area contributed by atoms with Crippen molar-refractivity contribution in [3.8, 4) is 0 Å². The number of carbonyl (C=O) groups is 1. The molecule has 0 saturated heterocycles. The predicted octanol–water partition coefficient (Wildman–Crippen LogP) is 2.77. The first-order valence-electron chi connectivity index (χ1n) is 6.93. The number of nitrogens with one attached hydrogen (secondary N) is 1. The zero-order valence-corrected chi connectivity index (χ0v) is 12.3. The van der Waals surface area contributed by atoms with Crippen molar-refractivity contribution in [3.63, 3.8) is 0 Å². The first kappa shape index (κ1) is 14.1. The van der Waals surface area contributed by atoms with Gasteiger partial charge in [0, 0.05) is 16.5 Å². The molecule has 0 radical (unpaired) electrons. The summed E-state index contributed by atoms with van der Waals surface area (Å²) in [4.78, 5) is 12.8. The van der Waals surface area contributed by atoms with Crippen LogP contribution in [0.5, 0.6) is 0 Å².